The number of amides is 1. The van der Waals surface area contributed by atoms with Gasteiger partial charge >= 0.3 is 0 Å². The van der Waals surface area contributed by atoms with Crippen LogP contribution in [0.1, 0.15) is 19.8 Å². The maximum Gasteiger partial charge on any atom is 0.230 e. The lowest BCUT2D eigenvalue weighted by Crippen LogP contribution is -2.29. The molecule has 1 aromatic heterocycles. The molecule has 0 aliphatic carbocycles. The molecule has 0 bridgehead atoms. The number of rotatable bonds is 3. The molecule has 0 radical (unpaired) electrons. The molecule has 110 valence electrons. The van der Waals surface area contributed by atoms with E-state index in [0.29, 0.717) is 6.61 Å². The fraction of sp³-hybridized carbons (Fsp3) is 0.375. The van der Waals surface area contributed by atoms with E-state index >= 15 is 0 Å². The molecule has 4 nitrogen and oxygen atoms in total. The van der Waals surface area contributed by atoms with Crippen LogP contribution in [0.3, 0.4) is 0 Å². The van der Waals surface area contributed by atoms with E-state index in [1.165, 1.54) is 0 Å². The number of benzene rings is 1. The van der Waals surface area contributed by atoms with E-state index in [4.69, 9.17) is 4.74 Å². The molecule has 2 heterocycles. The SMILES string of the molecule is CCC1OCCC1C(=O)Nc1cccc2cc(Br)cnc12. The number of pyridine rings is 1. The molecule has 1 N–H and O–H groups in total. The molecular weight excluding hydrogens is 332 g/mol. The number of nitrogens with zero attached hydrogens (tertiary/aromatic N) is 1. The lowest BCUT2D eigenvalue weighted by Gasteiger charge is -2.17. The predicted molar refractivity (Wildman–Crippen MR) is 86.2 cm³/mol. The van der Waals surface area contributed by atoms with Gasteiger partial charge in [-0.3, -0.25) is 9.78 Å². The fourth-order valence-corrected chi connectivity index (χ4v) is 3.16. The number of carbonyl (C=O) groups excluding carboxylic acids is 1. The van der Waals surface area contributed by atoms with Crippen LogP contribution >= 0.6 is 15.9 Å². The van der Waals surface area contributed by atoms with Crippen molar-refractivity contribution in [3.05, 3.63) is 34.9 Å². The van der Waals surface area contributed by atoms with Crippen molar-refractivity contribution in [2.45, 2.75) is 25.9 Å². The zero-order valence-electron chi connectivity index (χ0n) is 11.8. The first-order valence-corrected chi connectivity index (χ1v) is 7.95. The summed E-state index contributed by atoms with van der Waals surface area (Å²) < 4.78 is 6.52. The third kappa shape index (κ3) is 2.94. The van der Waals surface area contributed by atoms with Crippen molar-refractivity contribution >= 4 is 38.4 Å². The Labute approximate surface area is 132 Å². The van der Waals surface area contributed by atoms with Crippen LogP contribution in [0.15, 0.2) is 34.9 Å². The van der Waals surface area contributed by atoms with Gasteiger partial charge in [0.1, 0.15) is 0 Å². The van der Waals surface area contributed by atoms with Crippen molar-refractivity contribution in [3.8, 4) is 0 Å². The maximum absolute atomic E-state index is 12.5. The highest BCUT2D eigenvalue weighted by atomic mass is 79.9. The highest BCUT2D eigenvalue weighted by Crippen LogP contribution is 2.28. The number of hydrogen-bond donors (Lipinski definition) is 1. The molecule has 21 heavy (non-hydrogen) atoms. The molecule has 1 aliphatic heterocycles. The monoisotopic (exact) mass is 348 g/mol. The Morgan fingerprint density at radius 1 is 1.52 bits per heavy atom. The van der Waals surface area contributed by atoms with Gasteiger partial charge in [0.2, 0.25) is 5.91 Å². The highest BCUT2D eigenvalue weighted by Gasteiger charge is 2.32. The Hall–Kier alpha value is -1.46. The molecule has 2 aromatic rings. The summed E-state index contributed by atoms with van der Waals surface area (Å²) in [6.07, 6.45) is 3.42. The quantitative estimate of drug-likeness (QED) is 0.918. The van der Waals surface area contributed by atoms with E-state index in [0.717, 1.165) is 33.9 Å². The molecule has 1 aromatic carbocycles. The Balaban J connectivity index is 1.86. The van der Waals surface area contributed by atoms with Crippen molar-refractivity contribution in [1.29, 1.82) is 0 Å². The van der Waals surface area contributed by atoms with Crippen molar-refractivity contribution in [1.82, 2.24) is 4.98 Å². The number of carbonyl (C=O) groups is 1. The van der Waals surface area contributed by atoms with Gasteiger partial charge in [0.25, 0.3) is 0 Å². The molecule has 0 spiro atoms. The number of para-hydroxylation sites is 1. The Kier molecular flexibility index (Phi) is 4.22. The summed E-state index contributed by atoms with van der Waals surface area (Å²) in [6.45, 7) is 2.71. The van der Waals surface area contributed by atoms with E-state index in [2.05, 4.69) is 26.2 Å². The van der Waals surface area contributed by atoms with Gasteiger partial charge in [-0.25, -0.2) is 0 Å². The van der Waals surface area contributed by atoms with Crippen LogP contribution in [0.25, 0.3) is 10.9 Å². The molecule has 5 heteroatoms. The number of ether oxygens (including phenoxy) is 1. The van der Waals surface area contributed by atoms with E-state index in [-0.39, 0.29) is 17.9 Å². The zero-order valence-corrected chi connectivity index (χ0v) is 13.4. The summed E-state index contributed by atoms with van der Waals surface area (Å²) in [7, 11) is 0. The first-order valence-electron chi connectivity index (χ1n) is 7.15. The number of aromatic nitrogens is 1. The van der Waals surface area contributed by atoms with Crippen molar-refractivity contribution in [2.24, 2.45) is 5.92 Å². The molecule has 1 amide bonds. The second kappa shape index (κ2) is 6.12. The second-order valence-corrected chi connectivity index (χ2v) is 6.15. The van der Waals surface area contributed by atoms with Gasteiger partial charge in [-0.2, -0.15) is 0 Å². The summed E-state index contributed by atoms with van der Waals surface area (Å²) >= 11 is 3.41. The normalized spacial score (nSPS) is 21.6. The summed E-state index contributed by atoms with van der Waals surface area (Å²) in [4.78, 5) is 16.9. The fourth-order valence-electron chi connectivity index (χ4n) is 2.81. The summed E-state index contributed by atoms with van der Waals surface area (Å²) in [5.74, 6) is -0.0442. The molecule has 3 rings (SSSR count). The number of halogens is 1. The Morgan fingerprint density at radius 3 is 3.19 bits per heavy atom. The maximum atomic E-state index is 12.5. The van der Waals surface area contributed by atoms with Gasteiger partial charge in [0.15, 0.2) is 0 Å². The van der Waals surface area contributed by atoms with Gasteiger partial charge in [-0.05, 0) is 40.9 Å². The largest absolute Gasteiger partial charge is 0.377 e. The zero-order chi connectivity index (χ0) is 14.8. The van der Waals surface area contributed by atoms with Crippen LogP contribution in [0.5, 0.6) is 0 Å². The highest BCUT2D eigenvalue weighted by molar-refractivity contribution is 9.10. The standard InChI is InChI=1S/C16H17BrN2O2/c1-2-14-12(6-7-21-14)16(20)19-13-5-3-4-10-8-11(17)9-18-15(10)13/h3-5,8-9,12,14H,2,6-7H2,1H3,(H,19,20). The van der Waals surface area contributed by atoms with Crippen LogP contribution < -0.4 is 5.32 Å². The second-order valence-electron chi connectivity index (χ2n) is 5.23. The third-order valence-electron chi connectivity index (χ3n) is 3.88. The third-order valence-corrected chi connectivity index (χ3v) is 4.32. The number of anilines is 1. The van der Waals surface area contributed by atoms with Crippen molar-refractivity contribution in [2.75, 3.05) is 11.9 Å². The molecule has 1 aliphatic rings. The minimum Gasteiger partial charge on any atom is -0.377 e. The van der Waals surface area contributed by atoms with Crippen LogP contribution in [0.2, 0.25) is 0 Å². The minimum atomic E-state index is -0.0688. The van der Waals surface area contributed by atoms with Crippen LogP contribution in [-0.4, -0.2) is 23.6 Å². The van der Waals surface area contributed by atoms with E-state index < -0.39 is 0 Å². The van der Waals surface area contributed by atoms with E-state index in [1.54, 1.807) is 6.20 Å². The van der Waals surface area contributed by atoms with E-state index in [9.17, 15) is 4.79 Å². The smallest absolute Gasteiger partial charge is 0.230 e. The average molecular weight is 349 g/mol. The summed E-state index contributed by atoms with van der Waals surface area (Å²) in [6, 6.07) is 7.79. The summed E-state index contributed by atoms with van der Waals surface area (Å²) in [5.41, 5.74) is 1.56. The van der Waals surface area contributed by atoms with Crippen molar-refractivity contribution in [3.63, 3.8) is 0 Å². The van der Waals surface area contributed by atoms with Crippen LogP contribution in [0.4, 0.5) is 5.69 Å². The van der Waals surface area contributed by atoms with Gasteiger partial charge in [-0.15, -0.1) is 0 Å². The molecule has 0 saturated carbocycles. The average Bonchev–Trinajstić information content (AvgIpc) is 2.95. The molecular formula is C16H17BrN2O2. The van der Waals surface area contributed by atoms with Gasteiger partial charge in [-0.1, -0.05) is 19.1 Å². The van der Waals surface area contributed by atoms with Crippen LogP contribution in [0, 0.1) is 5.92 Å². The molecule has 2 unspecified atom stereocenters. The number of hydrogen-bond acceptors (Lipinski definition) is 3. The van der Waals surface area contributed by atoms with Crippen molar-refractivity contribution < 1.29 is 9.53 Å². The Morgan fingerprint density at radius 2 is 2.38 bits per heavy atom. The first kappa shape index (κ1) is 14.5. The van der Waals surface area contributed by atoms with Crippen LogP contribution in [-0.2, 0) is 9.53 Å². The van der Waals surface area contributed by atoms with Gasteiger partial charge < -0.3 is 10.1 Å². The lowest BCUT2D eigenvalue weighted by atomic mass is 9.98. The predicted octanol–water partition coefficient (Wildman–Crippen LogP) is 3.75. The minimum absolute atomic E-state index is 0.0246. The number of nitrogens with one attached hydrogen (secondary N) is 1. The van der Waals surface area contributed by atoms with E-state index in [1.807, 2.05) is 31.2 Å². The van der Waals surface area contributed by atoms with Gasteiger partial charge in [0, 0.05) is 22.7 Å². The lowest BCUT2D eigenvalue weighted by molar-refractivity contribution is -0.121. The summed E-state index contributed by atoms with van der Waals surface area (Å²) in [5, 5.41) is 4.01. The molecule has 1 fully saturated rings. The topological polar surface area (TPSA) is 51.2 Å². The molecule has 1 saturated heterocycles. The first-order chi connectivity index (χ1) is 10.2. The number of fused-ring (bicyclic) bond motifs is 1. The molecule has 2 atom stereocenters. The Bertz CT molecular complexity index is 674. The van der Waals surface area contributed by atoms with Gasteiger partial charge in [0.05, 0.1) is 23.2 Å².